The number of hydrogen-bond acceptors (Lipinski definition) is 3. The molecule has 4 heteroatoms. The molecule has 0 radical (unpaired) electrons. The summed E-state index contributed by atoms with van der Waals surface area (Å²) in [5.41, 5.74) is 2.56. The van der Waals surface area contributed by atoms with Gasteiger partial charge in [-0.05, 0) is 43.0 Å². The smallest absolute Gasteiger partial charge is 0.106 e. The van der Waals surface area contributed by atoms with Gasteiger partial charge in [0.2, 0.25) is 0 Å². The summed E-state index contributed by atoms with van der Waals surface area (Å²) < 4.78 is 0. The second kappa shape index (κ2) is 4.07. The minimum atomic E-state index is -0.852. The maximum atomic E-state index is 11.4. The summed E-state index contributed by atoms with van der Waals surface area (Å²) in [5, 5.41) is 22.1. The topological polar surface area (TPSA) is 59.5 Å². The zero-order valence-corrected chi connectivity index (χ0v) is 11.6. The number of H-pyrrole nitrogens is 1. The van der Waals surface area contributed by atoms with Crippen molar-refractivity contribution >= 4 is 10.9 Å². The molecular weight excluding hydrogens is 252 g/mol. The maximum Gasteiger partial charge on any atom is 0.106 e. The van der Waals surface area contributed by atoms with Crippen LogP contribution in [0.1, 0.15) is 17.5 Å². The first kappa shape index (κ1) is 12.4. The molecule has 2 heterocycles. The van der Waals surface area contributed by atoms with Crippen molar-refractivity contribution in [2.75, 3.05) is 20.2 Å². The van der Waals surface area contributed by atoms with Gasteiger partial charge in [-0.15, -0.1) is 0 Å². The van der Waals surface area contributed by atoms with E-state index in [1.165, 1.54) is 10.9 Å². The first-order valence-corrected chi connectivity index (χ1v) is 7.26. The molecule has 0 bridgehead atoms. The Hall–Kier alpha value is -1.36. The summed E-state index contributed by atoms with van der Waals surface area (Å²) in [5.74, 6) is 0.136. The molecule has 1 fully saturated rings. The van der Waals surface area contributed by atoms with Gasteiger partial charge in [0, 0.05) is 36.3 Å². The summed E-state index contributed by atoms with van der Waals surface area (Å²) in [6.45, 7) is 0.981. The Bertz CT molecular complexity index is 666. The molecule has 1 aromatic carbocycles. The zero-order valence-electron chi connectivity index (χ0n) is 11.6. The molecule has 1 saturated heterocycles. The third-order valence-electron chi connectivity index (χ3n) is 5.15. The van der Waals surface area contributed by atoms with Crippen LogP contribution in [0, 0.1) is 5.92 Å². The Balaban J connectivity index is 1.93. The standard InChI is InChI=1S/C16H20N2O2/c1-18-8-10(9-19)6-16(20)12-3-2-4-13-15(12)11(7-17-13)5-14(16)18/h2-4,7,10,14,17,19-20H,5-6,8-9H2,1H3/t10-,14-,16?/m1/s1. The number of hydrogen-bond donors (Lipinski definition) is 3. The van der Waals surface area contributed by atoms with Crippen molar-refractivity contribution < 1.29 is 10.2 Å². The molecule has 106 valence electrons. The largest absolute Gasteiger partial charge is 0.396 e. The number of likely N-dealkylation sites (N-methyl/N-ethyl adjacent to an activating group) is 1. The number of fused-ring (bicyclic) bond motifs is 2. The van der Waals surface area contributed by atoms with Crippen LogP contribution in [-0.2, 0) is 12.0 Å². The Morgan fingerprint density at radius 2 is 2.30 bits per heavy atom. The number of nitrogens with one attached hydrogen (secondary N) is 1. The van der Waals surface area contributed by atoms with Crippen LogP contribution in [0.4, 0.5) is 0 Å². The SMILES string of the molecule is CN1C[C@H](CO)CC2(O)c3cccc4[nH]cc(c34)C[C@@H]12. The monoisotopic (exact) mass is 272 g/mol. The number of aliphatic hydroxyl groups is 2. The quantitative estimate of drug-likeness (QED) is 0.731. The van der Waals surface area contributed by atoms with Crippen molar-refractivity contribution in [1.82, 2.24) is 9.88 Å². The fourth-order valence-electron chi connectivity index (χ4n) is 4.26. The second-order valence-corrected chi connectivity index (χ2v) is 6.38. The number of rotatable bonds is 1. The average Bonchev–Trinajstić information content (AvgIpc) is 2.85. The highest BCUT2D eigenvalue weighted by molar-refractivity contribution is 5.88. The molecule has 0 saturated carbocycles. The van der Waals surface area contributed by atoms with Gasteiger partial charge in [0.05, 0.1) is 0 Å². The lowest BCUT2D eigenvalue weighted by Crippen LogP contribution is -2.58. The fourth-order valence-corrected chi connectivity index (χ4v) is 4.26. The van der Waals surface area contributed by atoms with Crippen molar-refractivity contribution in [2.24, 2.45) is 5.92 Å². The minimum Gasteiger partial charge on any atom is -0.396 e. The number of piperidine rings is 1. The molecule has 20 heavy (non-hydrogen) atoms. The van der Waals surface area contributed by atoms with Crippen LogP contribution in [0.15, 0.2) is 24.4 Å². The molecule has 0 amide bonds. The van der Waals surface area contributed by atoms with E-state index in [0.29, 0.717) is 6.42 Å². The molecule has 4 rings (SSSR count). The van der Waals surface area contributed by atoms with Crippen molar-refractivity contribution in [2.45, 2.75) is 24.5 Å². The minimum absolute atomic E-state index is 0.0965. The van der Waals surface area contributed by atoms with Gasteiger partial charge in [-0.3, -0.25) is 4.90 Å². The van der Waals surface area contributed by atoms with Gasteiger partial charge in [-0.2, -0.15) is 0 Å². The van der Waals surface area contributed by atoms with E-state index in [4.69, 9.17) is 0 Å². The zero-order chi connectivity index (χ0) is 13.9. The van der Waals surface area contributed by atoms with Crippen LogP contribution >= 0.6 is 0 Å². The van der Waals surface area contributed by atoms with Crippen molar-refractivity contribution in [3.8, 4) is 0 Å². The van der Waals surface area contributed by atoms with E-state index >= 15 is 0 Å². The molecule has 0 spiro atoms. The molecular formula is C16H20N2O2. The van der Waals surface area contributed by atoms with Crippen molar-refractivity contribution in [3.05, 3.63) is 35.5 Å². The van der Waals surface area contributed by atoms with Gasteiger partial charge in [0.15, 0.2) is 0 Å². The Labute approximate surface area is 118 Å². The van der Waals surface area contributed by atoms with E-state index in [0.717, 1.165) is 24.0 Å². The average molecular weight is 272 g/mol. The van der Waals surface area contributed by atoms with Crippen LogP contribution in [0.25, 0.3) is 10.9 Å². The van der Waals surface area contributed by atoms with Gasteiger partial charge >= 0.3 is 0 Å². The lowest BCUT2D eigenvalue weighted by molar-refractivity contribution is -0.106. The van der Waals surface area contributed by atoms with E-state index in [1.807, 2.05) is 12.1 Å². The molecule has 1 aromatic heterocycles. The van der Waals surface area contributed by atoms with Crippen LogP contribution in [0.5, 0.6) is 0 Å². The summed E-state index contributed by atoms with van der Waals surface area (Å²) in [6.07, 6.45) is 3.57. The summed E-state index contributed by atoms with van der Waals surface area (Å²) >= 11 is 0. The molecule has 4 nitrogen and oxygen atoms in total. The lowest BCUT2D eigenvalue weighted by atomic mass is 9.69. The highest BCUT2D eigenvalue weighted by atomic mass is 16.3. The van der Waals surface area contributed by atoms with Gasteiger partial charge in [-0.1, -0.05) is 12.1 Å². The number of aromatic amines is 1. The first-order valence-electron chi connectivity index (χ1n) is 7.26. The summed E-state index contributed by atoms with van der Waals surface area (Å²) in [7, 11) is 2.05. The Morgan fingerprint density at radius 3 is 3.10 bits per heavy atom. The fraction of sp³-hybridized carbons (Fsp3) is 0.500. The van der Waals surface area contributed by atoms with E-state index in [9.17, 15) is 10.2 Å². The number of likely N-dealkylation sites (tertiary alicyclic amines) is 1. The Morgan fingerprint density at radius 1 is 1.45 bits per heavy atom. The second-order valence-electron chi connectivity index (χ2n) is 6.38. The van der Waals surface area contributed by atoms with Gasteiger partial charge in [-0.25, -0.2) is 0 Å². The third kappa shape index (κ3) is 1.47. The molecule has 2 aliphatic rings. The van der Waals surface area contributed by atoms with E-state index < -0.39 is 5.60 Å². The number of benzene rings is 1. The van der Waals surface area contributed by atoms with E-state index in [2.05, 4.69) is 29.2 Å². The van der Waals surface area contributed by atoms with Gasteiger partial charge < -0.3 is 15.2 Å². The molecule has 1 unspecified atom stereocenters. The molecule has 2 aromatic rings. The normalized spacial score (nSPS) is 33.4. The molecule has 1 aliphatic heterocycles. The van der Waals surface area contributed by atoms with E-state index in [1.54, 1.807) is 0 Å². The third-order valence-corrected chi connectivity index (χ3v) is 5.15. The number of nitrogens with zero attached hydrogens (tertiary/aromatic N) is 1. The van der Waals surface area contributed by atoms with Crippen molar-refractivity contribution in [3.63, 3.8) is 0 Å². The van der Waals surface area contributed by atoms with Crippen LogP contribution < -0.4 is 0 Å². The van der Waals surface area contributed by atoms with Crippen LogP contribution in [-0.4, -0.2) is 46.3 Å². The van der Waals surface area contributed by atoms with Crippen LogP contribution in [0.2, 0.25) is 0 Å². The highest BCUT2D eigenvalue weighted by Crippen LogP contribution is 2.46. The predicted molar refractivity (Wildman–Crippen MR) is 77.5 cm³/mol. The highest BCUT2D eigenvalue weighted by Gasteiger charge is 2.49. The van der Waals surface area contributed by atoms with Gasteiger partial charge in [0.1, 0.15) is 5.60 Å². The Kier molecular flexibility index (Phi) is 2.52. The lowest BCUT2D eigenvalue weighted by Gasteiger charge is -2.50. The van der Waals surface area contributed by atoms with Crippen molar-refractivity contribution in [1.29, 1.82) is 0 Å². The maximum absolute atomic E-state index is 11.4. The predicted octanol–water partition coefficient (Wildman–Crippen LogP) is 1.22. The van der Waals surface area contributed by atoms with E-state index in [-0.39, 0.29) is 18.6 Å². The summed E-state index contributed by atoms with van der Waals surface area (Å²) in [4.78, 5) is 5.52. The van der Waals surface area contributed by atoms with Crippen LogP contribution in [0.3, 0.4) is 0 Å². The molecule has 3 atom stereocenters. The molecule has 1 aliphatic carbocycles. The molecule has 3 N–H and O–H groups in total. The number of aromatic nitrogens is 1. The summed E-state index contributed by atoms with van der Waals surface area (Å²) in [6, 6.07) is 6.20. The first-order chi connectivity index (χ1) is 9.63. The number of aliphatic hydroxyl groups excluding tert-OH is 1. The van der Waals surface area contributed by atoms with Gasteiger partial charge in [0.25, 0.3) is 0 Å².